The number of carboxylic acids is 1. The van der Waals surface area contributed by atoms with E-state index in [-0.39, 0.29) is 63.9 Å². The Labute approximate surface area is 246 Å². The van der Waals surface area contributed by atoms with Gasteiger partial charge in [-0.3, -0.25) is 0 Å². The van der Waals surface area contributed by atoms with Crippen molar-refractivity contribution in [3.05, 3.63) is 76.9 Å². The number of phenols is 1. The molecule has 0 amide bonds. The molecule has 1 aliphatic heterocycles. The fraction of sp³-hybridized carbons (Fsp3) is 0.296. The van der Waals surface area contributed by atoms with Gasteiger partial charge >= 0.3 is 51.4 Å². The van der Waals surface area contributed by atoms with Crippen molar-refractivity contribution in [3.8, 4) is 28.7 Å². The minimum atomic E-state index is -1.20. The molecule has 3 unspecified atom stereocenters. The molecular weight excluding hydrogens is 475 g/mol. The van der Waals surface area contributed by atoms with Gasteiger partial charge in [-0.2, -0.15) is 0 Å². The van der Waals surface area contributed by atoms with Gasteiger partial charge < -0.3 is 34.0 Å². The van der Waals surface area contributed by atoms with Crippen LogP contribution in [0.15, 0.2) is 54.6 Å². The molecule has 1 aliphatic carbocycles. The SMILES string of the molecule is CCCOc1ccc2c(c1)C(c1ccc(OC)cc1O)C(C(=O)[O-])C2c1ccc2c(c1)OCO2.[K+]. The van der Waals surface area contributed by atoms with E-state index in [1.807, 2.05) is 37.3 Å². The topological polar surface area (TPSA) is 97.3 Å². The summed E-state index contributed by atoms with van der Waals surface area (Å²) in [6, 6.07) is 16.0. The van der Waals surface area contributed by atoms with Crippen molar-refractivity contribution in [3.63, 3.8) is 0 Å². The molecule has 8 heteroatoms. The van der Waals surface area contributed by atoms with Crippen LogP contribution in [0.5, 0.6) is 28.7 Å². The minimum absolute atomic E-state index is 0. The van der Waals surface area contributed by atoms with E-state index in [9.17, 15) is 15.0 Å². The monoisotopic (exact) mass is 500 g/mol. The first-order valence-electron chi connectivity index (χ1n) is 11.3. The van der Waals surface area contributed by atoms with Gasteiger partial charge in [0.2, 0.25) is 6.79 Å². The van der Waals surface area contributed by atoms with E-state index in [1.165, 1.54) is 13.2 Å². The first-order valence-corrected chi connectivity index (χ1v) is 11.3. The Bertz CT molecular complexity index is 1240. The zero-order chi connectivity index (χ0) is 23.8. The quantitative estimate of drug-likeness (QED) is 0.474. The standard InChI is InChI=1S/C27H26O7.K/c1-3-10-32-17-6-7-18-20(12-17)25(19-8-5-16(31-2)13-21(19)28)26(27(29)30)24(18)15-4-9-22-23(11-15)34-14-33-22;/h4-9,11-13,24-26,28H,3,10,14H2,1-2H3,(H,29,30);/q;+1/p-1. The van der Waals surface area contributed by atoms with Gasteiger partial charge in [0.05, 0.1) is 13.7 Å². The number of methoxy groups -OCH3 is 1. The van der Waals surface area contributed by atoms with Crippen molar-refractivity contribution in [2.45, 2.75) is 25.2 Å². The second kappa shape index (κ2) is 10.8. The third-order valence-corrected chi connectivity index (χ3v) is 6.52. The Morgan fingerprint density at radius 2 is 1.71 bits per heavy atom. The average Bonchev–Trinajstić information content (AvgIpc) is 3.44. The molecule has 0 saturated carbocycles. The van der Waals surface area contributed by atoms with Crippen LogP contribution >= 0.6 is 0 Å². The number of hydrogen-bond donors (Lipinski definition) is 1. The van der Waals surface area contributed by atoms with Crippen molar-refractivity contribution in [2.75, 3.05) is 20.5 Å². The Morgan fingerprint density at radius 1 is 0.971 bits per heavy atom. The Kier molecular flexibility index (Phi) is 7.98. The fourth-order valence-electron chi connectivity index (χ4n) is 5.03. The van der Waals surface area contributed by atoms with E-state index in [2.05, 4.69) is 0 Å². The summed E-state index contributed by atoms with van der Waals surface area (Å²) in [5, 5.41) is 23.5. The maximum atomic E-state index is 12.7. The van der Waals surface area contributed by atoms with E-state index in [0.29, 0.717) is 35.2 Å². The van der Waals surface area contributed by atoms with Crippen LogP contribution in [0.1, 0.15) is 47.4 Å². The summed E-state index contributed by atoms with van der Waals surface area (Å²) < 4.78 is 22.0. The number of aromatic hydroxyl groups is 1. The zero-order valence-electron chi connectivity index (χ0n) is 19.9. The smallest absolute Gasteiger partial charge is 0.550 e. The van der Waals surface area contributed by atoms with Gasteiger partial charge in [-0.05, 0) is 53.4 Å². The number of rotatable bonds is 7. The molecule has 35 heavy (non-hydrogen) atoms. The fourth-order valence-corrected chi connectivity index (χ4v) is 5.03. The summed E-state index contributed by atoms with van der Waals surface area (Å²) in [6.07, 6.45) is 0.848. The van der Waals surface area contributed by atoms with Gasteiger partial charge in [0.15, 0.2) is 11.5 Å². The summed E-state index contributed by atoms with van der Waals surface area (Å²) in [7, 11) is 1.51. The van der Waals surface area contributed by atoms with Crippen LogP contribution < -0.4 is 75.4 Å². The van der Waals surface area contributed by atoms with Crippen LogP contribution in [0.2, 0.25) is 0 Å². The van der Waals surface area contributed by atoms with E-state index < -0.39 is 23.7 Å². The molecule has 2 aliphatic rings. The molecule has 0 radical (unpaired) electrons. The van der Waals surface area contributed by atoms with Crippen molar-refractivity contribution < 1.29 is 85.3 Å². The minimum Gasteiger partial charge on any atom is -0.550 e. The average molecular weight is 501 g/mol. The van der Waals surface area contributed by atoms with Crippen molar-refractivity contribution in [1.82, 2.24) is 0 Å². The third-order valence-electron chi connectivity index (χ3n) is 6.52. The van der Waals surface area contributed by atoms with Gasteiger partial charge in [0.25, 0.3) is 0 Å². The number of fused-ring (bicyclic) bond motifs is 2. The third kappa shape index (κ3) is 4.78. The maximum absolute atomic E-state index is 12.7. The van der Waals surface area contributed by atoms with Crippen LogP contribution in [0.4, 0.5) is 0 Å². The summed E-state index contributed by atoms with van der Waals surface area (Å²) in [5.41, 5.74) is 2.90. The van der Waals surface area contributed by atoms with E-state index in [1.54, 1.807) is 18.2 Å². The van der Waals surface area contributed by atoms with E-state index in [4.69, 9.17) is 18.9 Å². The van der Waals surface area contributed by atoms with Gasteiger partial charge in [0.1, 0.15) is 17.2 Å². The Hall–Kier alpha value is -2.23. The van der Waals surface area contributed by atoms with Crippen molar-refractivity contribution in [2.24, 2.45) is 5.92 Å². The summed E-state index contributed by atoms with van der Waals surface area (Å²) in [4.78, 5) is 12.7. The Morgan fingerprint density at radius 3 is 2.43 bits per heavy atom. The van der Waals surface area contributed by atoms with Gasteiger partial charge in [-0.15, -0.1) is 0 Å². The van der Waals surface area contributed by atoms with Crippen molar-refractivity contribution >= 4 is 5.97 Å². The van der Waals surface area contributed by atoms with Gasteiger partial charge in [0, 0.05) is 35.4 Å². The summed E-state index contributed by atoms with van der Waals surface area (Å²) >= 11 is 0. The number of carbonyl (C=O) groups is 1. The number of benzene rings is 3. The summed E-state index contributed by atoms with van der Waals surface area (Å²) in [5.74, 6) is -1.01. The van der Waals surface area contributed by atoms with Crippen LogP contribution in [-0.4, -0.2) is 31.6 Å². The number of ether oxygens (including phenoxy) is 4. The molecule has 3 atom stereocenters. The second-order valence-corrected chi connectivity index (χ2v) is 8.48. The molecule has 0 spiro atoms. The first-order chi connectivity index (χ1) is 16.5. The molecule has 176 valence electrons. The second-order valence-electron chi connectivity index (χ2n) is 8.48. The molecule has 0 saturated heterocycles. The number of hydrogen-bond acceptors (Lipinski definition) is 7. The van der Waals surface area contributed by atoms with Gasteiger partial charge in [-0.1, -0.05) is 25.1 Å². The predicted octanol–water partition coefficient (Wildman–Crippen LogP) is 0.566. The molecule has 7 nitrogen and oxygen atoms in total. The van der Waals surface area contributed by atoms with Crippen LogP contribution in [0.25, 0.3) is 0 Å². The molecule has 0 fully saturated rings. The van der Waals surface area contributed by atoms with Crippen LogP contribution in [-0.2, 0) is 4.79 Å². The molecule has 5 rings (SSSR count). The largest absolute Gasteiger partial charge is 1.00 e. The molecule has 3 aromatic carbocycles. The predicted molar refractivity (Wildman–Crippen MR) is 122 cm³/mol. The number of aliphatic carboxylic acids is 1. The molecule has 0 aromatic heterocycles. The molecule has 3 aromatic rings. The van der Waals surface area contributed by atoms with Crippen molar-refractivity contribution in [1.29, 1.82) is 0 Å². The van der Waals surface area contributed by atoms with E-state index >= 15 is 0 Å². The van der Waals surface area contributed by atoms with E-state index in [0.717, 1.165) is 23.1 Å². The molecule has 1 heterocycles. The maximum Gasteiger partial charge on any atom is 1.00 e. The number of carboxylic acid groups (broad SMARTS) is 1. The zero-order valence-corrected chi connectivity index (χ0v) is 23.1. The summed E-state index contributed by atoms with van der Waals surface area (Å²) in [6.45, 7) is 2.70. The number of carbonyl (C=O) groups excluding carboxylic acids is 1. The Balaban J connectivity index is 0.00000289. The first kappa shape index (κ1) is 25.8. The molecule has 1 N–H and O–H groups in total. The normalized spacial score (nSPS) is 19.5. The van der Waals surface area contributed by atoms with Gasteiger partial charge in [-0.25, -0.2) is 0 Å². The molecule has 0 bridgehead atoms. The van der Waals surface area contributed by atoms with Crippen LogP contribution in [0.3, 0.4) is 0 Å². The van der Waals surface area contributed by atoms with Crippen LogP contribution in [0, 0.1) is 5.92 Å². The number of phenolic OH excluding ortho intramolecular Hbond substituents is 1. The molecular formula is C27H25KO7.